The minimum atomic E-state index is -0.421. The molecule has 0 aliphatic rings. The summed E-state index contributed by atoms with van der Waals surface area (Å²) < 4.78 is 0. The molecule has 0 aliphatic heterocycles. The second-order valence-corrected chi connectivity index (χ2v) is 5.22. The lowest BCUT2D eigenvalue weighted by atomic mass is 9.96. The molecule has 1 aromatic heterocycles. The third-order valence-corrected chi connectivity index (χ3v) is 3.78. The van der Waals surface area contributed by atoms with Crippen LogP contribution < -0.4 is 0 Å². The Morgan fingerprint density at radius 3 is 2.43 bits per heavy atom. The van der Waals surface area contributed by atoms with E-state index in [2.05, 4.69) is 34.2 Å². The van der Waals surface area contributed by atoms with Crippen LogP contribution in [0.3, 0.4) is 0 Å². The van der Waals surface area contributed by atoms with Gasteiger partial charge in [-0.15, -0.1) is 0 Å². The Balaban J connectivity index is 1.89. The molecule has 6 nitrogen and oxygen atoms in total. The Bertz CT molecular complexity index is 797. The first-order valence-electron chi connectivity index (χ1n) is 7.41. The number of H-pyrrole nitrogens is 1. The standard InChI is InChI=1S/C17H16N4O2/c1-2-15(12-6-4-3-5-7-12)17-18-16(19-20-17)13-8-10-14(11-9-13)21(22)23/h3-11,15H,2H2,1H3,(H,18,19,20). The van der Waals surface area contributed by atoms with Gasteiger partial charge in [0.2, 0.25) is 0 Å². The number of rotatable bonds is 5. The van der Waals surface area contributed by atoms with Gasteiger partial charge in [0, 0.05) is 23.6 Å². The lowest BCUT2D eigenvalue weighted by Gasteiger charge is -2.11. The van der Waals surface area contributed by atoms with E-state index in [1.54, 1.807) is 12.1 Å². The van der Waals surface area contributed by atoms with Crippen molar-refractivity contribution in [3.05, 3.63) is 76.1 Å². The Morgan fingerprint density at radius 2 is 1.83 bits per heavy atom. The number of nitro groups is 1. The summed E-state index contributed by atoms with van der Waals surface area (Å²) in [7, 11) is 0. The van der Waals surface area contributed by atoms with Gasteiger partial charge in [-0.2, -0.15) is 5.10 Å². The minimum absolute atomic E-state index is 0.0558. The monoisotopic (exact) mass is 308 g/mol. The second kappa shape index (κ2) is 6.39. The summed E-state index contributed by atoms with van der Waals surface area (Å²) >= 11 is 0. The summed E-state index contributed by atoms with van der Waals surface area (Å²) in [5.74, 6) is 1.49. The van der Waals surface area contributed by atoms with Gasteiger partial charge >= 0.3 is 0 Å². The van der Waals surface area contributed by atoms with E-state index in [1.165, 1.54) is 17.7 Å². The number of benzene rings is 2. The number of nitro benzene ring substituents is 1. The van der Waals surface area contributed by atoms with E-state index < -0.39 is 4.92 Å². The van der Waals surface area contributed by atoms with Gasteiger partial charge in [0.1, 0.15) is 5.82 Å². The fourth-order valence-corrected chi connectivity index (χ4v) is 2.56. The molecule has 0 radical (unpaired) electrons. The third-order valence-electron chi connectivity index (χ3n) is 3.78. The molecule has 1 heterocycles. The maximum absolute atomic E-state index is 10.7. The molecule has 0 bridgehead atoms. The molecule has 3 aromatic rings. The molecule has 1 unspecified atom stereocenters. The van der Waals surface area contributed by atoms with Crippen molar-refractivity contribution < 1.29 is 4.92 Å². The summed E-state index contributed by atoms with van der Waals surface area (Å²) in [6.45, 7) is 2.10. The summed E-state index contributed by atoms with van der Waals surface area (Å²) in [5.41, 5.74) is 1.99. The molecule has 0 fully saturated rings. The van der Waals surface area contributed by atoms with Crippen molar-refractivity contribution in [2.45, 2.75) is 19.3 Å². The fourth-order valence-electron chi connectivity index (χ4n) is 2.56. The van der Waals surface area contributed by atoms with Gasteiger partial charge in [0.05, 0.1) is 4.92 Å². The zero-order valence-electron chi connectivity index (χ0n) is 12.6. The molecule has 6 heteroatoms. The van der Waals surface area contributed by atoms with Crippen LogP contribution in [-0.2, 0) is 0 Å². The molecule has 0 aliphatic carbocycles. The molecule has 0 amide bonds. The number of hydrogen-bond donors (Lipinski definition) is 1. The number of nitrogens with one attached hydrogen (secondary N) is 1. The van der Waals surface area contributed by atoms with Crippen LogP contribution in [0.15, 0.2) is 54.6 Å². The lowest BCUT2D eigenvalue weighted by Crippen LogP contribution is -2.01. The molecule has 0 spiro atoms. The van der Waals surface area contributed by atoms with E-state index in [9.17, 15) is 10.1 Å². The number of aromatic amines is 1. The van der Waals surface area contributed by atoms with Crippen molar-refractivity contribution in [1.29, 1.82) is 0 Å². The zero-order chi connectivity index (χ0) is 16.2. The predicted octanol–water partition coefficient (Wildman–Crippen LogP) is 3.92. The van der Waals surface area contributed by atoms with E-state index >= 15 is 0 Å². The van der Waals surface area contributed by atoms with Crippen LogP contribution in [0.5, 0.6) is 0 Å². The molecular formula is C17H16N4O2. The highest BCUT2D eigenvalue weighted by Crippen LogP contribution is 2.27. The zero-order valence-corrected chi connectivity index (χ0v) is 12.6. The van der Waals surface area contributed by atoms with Crippen LogP contribution in [0.2, 0.25) is 0 Å². The normalized spacial score (nSPS) is 12.0. The SMILES string of the molecule is CCC(c1ccccc1)c1nc(-c2ccc([N+](=O)[O-])cc2)n[nH]1. The first kappa shape index (κ1) is 14.9. The van der Waals surface area contributed by atoms with E-state index in [4.69, 9.17) is 0 Å². The Morgan fingerprint density at radius 1 is 1.13 bits per heavy atom. The first-order valence-corrected chi connectivity index (χ1v) is 7.41. The Kier molecular flexibility index (Phi) is 4.14. The van der Waals surface area contributed by atoms with Crippen molar-refractivity contribution in [3.63, 3.8) is 0 Å². The highest BCUT2D eigenvalue weighted by atomic mass is 16.6. The van der Waals surface area contributed by atoms with Crippen LogP contribution in [0.1, 0.15) is 30.7 Å². The first-order chi connectivity index (χ1) is 11.2. The molecule has 0 saturated carbocycles. The van der Waals surface area contributed by atoms with Gasteiger partial charge in [0.15, 0.2) is 5.82 Å². The van der Waals surface area contributed by atoms with Gasteiger partial charge in [-0.1, -0.05) is 37.3 Å². The van der Waals surface area contributed by atoms with Crippen LogP contribution in [-0.4, -0.2) is 20.1 Å². The summed E-state index contributed by atoms with van der Waals surface area (Å²) in [4.78, 5) is 14.9. The molecule has 2 aromatic carbocycles. The quantitative estimate of drug-likeness (QED) is 0.572. The molecule has 23 heavy (non-hydrogen) atoms. The van der Waals surface area contributed by atoms with E-state index in [1.807, 2.05) is 18.2 Å². The number of aromatic nitrogens is 3. The molecule has 116 valence electrons. The van der Waals surface area contributed by atoms with Gasteiger partial charge in [-0.3, -0.25) is 15.2 Å². The van der Waals surface area contributed by atoms with Crippen LogP contribution in [0.25, 0.3) is 11.4 Å². The highest BCUT2D eigenvalue weighted by Gasteiger charge is 2.17. The second-order valence-electron chi connectivity index (χ2n) is 5.22. The summed E-state index contributed by atoms with van der Waals surface area (Å²) in [6, 6.07) is 16.4. The van der Waals surface area contributed by atoms with Crippen LogP contribution >= 0.6 is 0 Å². The average Bonchev–Trinajstić information content (AvgIpc) is 3.06. The van der Waals surface area contributed by atoms with Gasteiger partial charge < -0.3 is 0 Å². The minimum Gasteiger partial charge on any atom is -0.262 e. The summed E-state index contributed by atoms with van der Waals surface area (Å²) in [5, 5.41) is 18.0. The van der Waals surface area contributed by atoms with Crippen molar-refractivity contribution >= 4 is 5.69 Å². The largest absolute Gasteiger partial charge is 0.269 e. The third kappa shape index (κ3) is 3.11. The highest BCUT2D eigenvalue weighted by molar-refractivity contribution is 5.57. The van der Waals surface area contributed by atoms with Crippen molar-refractivity contribution in [2.24, 2.45) is 0 Å². The topological polar surface area (TPSA) is 84.7 Å². The number of nitrogens with zero attached hydrogens (tertiary/aromatic N) is 3. The van der Waals surface area contributed by atoms with Crippen molar-refractivity contribution in [1.82, 2.24) is 15.2 Å². The average molecular weight is 308 g/mol. The molecule has 3 rings (SSSR count). The smallest absolute Gasteiger partial charge is 0.262 e. The fraction of sp³-hybridized carbons (Fsp3) is 0.176. The van der Waals surface area contributed by atoms with Gasteiger partial charge in [0.25, 0.3) is 5.69 Å². The van der Waals surface area contributed by atoms with Crippen molar-refractivity contribution in [3.8, 4) is 11.4 Å². The van der Waals surface area contributed by atoms with E-state index in [0.29, 0.717) is 5.82 Å². The summed E-state index contributed by atoms with van der Waals surface area (Å²) in [6.07, 6.45) is 0.902. The maximum atomic E-state index is 10.7. The molecule has 1 atom stereocenters. The van der Waals surface area contributed by atoms with E-state index in [0.717, 1.165) is 17.8 Å². The molecule has 0 saturated heterocycles. The van der Waals surface area contributed by atoms with E-state index in [-0.39, 0.29) is 11.6 Å². The number of hydrogen-bond acceptors (Lipinski definition) is 4. The Labute approximate surface area is 133 Å². The van der Waals surface area contributed by atoms with Crippen LogP contribution in [0.4, 0.5) is 5.69 Å². The maximum Gasteiger partial charge on any atom is 0.269 e. The number of non-ortho nitro benzene ring substituents is 1. The Hall–Kier alpha value is -3.02. The molecule has 1 N–H and O–H groups in total. The van der Waals surface area contributed by atoms with Gasteiger partial charge in [-0.25, -0.2) is 4.98 Å². The lowest BCUT2D eigenvalue weighted by molar-refractivity contribution is -0.384. The predicted molar refractivity (Wildman–Crippen MR) is 87.0 cm³/mol. The molecular weight excluding hydrogens is 292 g/mol. The van der Waals surface area contributed by atoms with Gasteiger partial charge in [-0.05, 0) is 24.1 Å². The van der Waals surface area contributed by atoms with Crippen molar-refractivity contribution in [2.75, 3.05) is 0 Å². The van der Waals surface area contributed by atoms with Crippen LogP contribution in [0, 0.1) is 10.1 Å².